The molecule has 1 saturated heterocycles. The number of carbonyl (C=O) groups is 4. The lowest BCUT2D eigenvalue weighted by atomic mass is 9.85. The van der Waals surface area contributed by atoms with Crippen LogP contribution in [0.25, 0.3) is 0 Å². The van der Waals surface area contributed by atoms with Gasteiger partial charge < -0.3 is 10.1 Å². The fourth-order valence-electron chi connectivity index (χ4n) is 4.10. The predicted molar refractivity (Wildman–Crippen MR) is 116 cm³/mol. The molecule has 0 bridgehead atoms. The Morgan fingerprint density at radius 1 is 1.06 bits per heavy atom. The first-order valence-electron chi connectivity index (χ1n) is 10.9. The van der Waals surface area contributed by atoms with Crippen LogP contribution in [0, 0.1) is 17.8 Å². The molecule has 3 amide bonds. The average molecular weight is 427 g/mol. The number of anilines is 1. The van der Waals surface area contributed by atoms with Crippen molar-refractivity contribution in [3.8, 4) is 0 Å². The summed E-state index contributed by atoms with van der Waals surface area (Å²) in [6.07, 6.45) is 6.07. The SMILES string of the molecule is CCCOC(=O)c1ccc(NC(=O)[C@H](CC(C)C)N2C(=O)[C@@H]3CC=CC[C@H]3C2=O)cc1. The third-order valence-corrected chi connectivity index (χ3v) is 5.68. The number of fused-ring (bicyclic) bond motifs is 1. The van der Waals surface area contributed by atoms with Crippen molar-refractivity contribution in [2.75, 3.05) is 11.9 Å². The van der Waals surface area contributed by atoms with Gasteiger partial charge in [0.05, 0.1) is 24.0 Å². The minimum atomic E-state index is -0.861. The molecule has 7 nitrogen and oxygen atoms in total. The molecule has 3 atom stereocenters. The van der Waals surface area contributed by atoms with Gasteiger partial charge in [-0.25, -0.2) is 4.79 Å². The maximum absolute atomic E-state index is 13.1. The molecule has 0 unspecified atom stereocenters. The average Bonchev–Trinajstić information content (AvgIpc) is 3.01. The van der Waals surface area contributed by atoms with E-state index in [0.717, 1.165) is 6.42 Å². The van der Waals surface area contributed by atoms with E-state index in [1.165, 1.54) is 4.90 Å². The van der Waals surface area contributed by atoms with Crippen LogP contribution >= 0.6 is 0 Å². The largest absolute Gasteiger partial charge is 0.462 e. The van der Waals surface area contributed by atoms with E-state index in [-0.39, 0.29) is 29.6 Å². The number of benzene rings is 1. The Hall–Kier alpha value is -2.96. The number of nitrogens with zero attached hydrogens (tertiary/aromatic N) is 1. The van der Waals surface area contributed by atoms with E-state index < -0.39 is 17.9 Å². The molecule has 0 spiro atoms. The summed E-state index contributed by atoms with van der Waals surface area (Å²) in [6, 6.07) is 5.53. The van der Waals surface area contributed by atoms with Crippen molar-refractivity contribution in [3.05, 3.63) is 42.0 Å². The van der Waals surface area contributed by atoms with Crippen molar-refractivity contribution in [1.29, 1.82) is 0 Å². The van der Waals surface area contributed by atoms with Crippen molar-refractivity contribution in [2.45, 2.75) is 52.5 Å². The first-order valence-corrected chi connectivity index (χ1v) is 10.9. The molecule has 31 heavy (non-hydrogen) atoms. The summed E-state index contributed by atoms with van der Waals surface area (Å²) in [7, 11) is 0. The van der Waals surface area contributed by atoms with Gasteiger partial charge in [-0.3, -0.25) is 19.3 Å². The Morgan fingerprint density at radius 2 is 1.65 bits per heavy atom. The summed E-state index contributed by atoms with van der Waals surface area (Å²) in [6.45, 7) is 6.18. The first kappa shape index (κ1) is 22.7. The third kappa shape index (κ3) is 5.03. The molecule has 7 heteroatoms. The van der Waals surface area contributed by atoms with Gasteiger partial charge in [0.1, 0.15) is 6.04 Å². The lowest BCUT2D eigenvalue weighted by Gasteiger charge is -2.27. The fraction of sp³-hybridized carbons (Fsp3) is 0.500. The standard InChI is InChI=1S/C24H30N2O5/c1-4-13-31-24(30)16-9-11-17(12-10-16)25-21(27)20(14-15(2)3)26-22(28)18-7-5-6-8-19(18)23(26)29/h5-6,9-12,15,18-20H,4,7-8,13-14H2,1-3H3,(H,25,27)/t18-,19-,20+/m1/s1. The summed E-state index contributed by atoms with van der Waals surface area (Å²) >= 11 is 0. The van der Waals surface area contributed by atoms with Gasteiger partial charge in [-0.05, 0) is 55.9 Å². The number of carbonyl (C=O) groups excluding carboxylic acids is 4. The molecule has 3 rings (SSSR count). The van der Waals surface area contributed by atoms with Gasteiger partial charge in [-0.15, -0.1) is 0 Å². The van der Waals surface area contributed by atoms with Crippen LogP contribution in [0.2, 0.25) is 0 Å². The van der Waals surface area contributed by atoms with Crippen LogP contribution in [0.15, 0.2) is 36.4 Å². The van der Waals surface area contributed by atoms with Crippen molar-refractivity contribution in [3.63, 3.8) is 0 Å². The van der Waals surface area contributed by atoms with Crippen molar-refractivity contribution in [2.24, 2.45) is 17.8 Å². The Kier molecular flexibility index (Phi) is 7.25. The molecule has 0 radical (unpaired) electrons. The maximum Gasteiger partial charge on any atom is 0.338 e. The number of allylic oxidation sites excluding steroid dienone is 2. The molecule has 0 aromatic heterocycles. The monoisotopic (exact) mass is 426 g/mol. The number of imide groups is 1. The second-order valence-electron chi connectivity index (χ2n) is 8.55. The molecule has 1 heterocycles. The molecule has 2 aliphatic rings. The third-order valence-electron chi connectivity index (χ3n) is 5.68. The highest BCUT2D eigenvalue weighted by Crippen LogP contribution is 2.37. The van der Waals surface area contributed by atoms with Crippen LogP contribution in [0.5, 0.6) is 0 Å². The number of hydrogen-bond acceptors (Lipinski definition) is 5. The van der Waals surface area contributed by atoms with Crippen molar-refractivity contribution in [1.82, 2.24) is 4.90 Å². The maximum atomic E-state index is 13.1. The molecule has 1 N–H and O–H groups in total. The fourth-order valence-corrected chi connectivity index (χ4v) is 4.10. The molecule has 1 aromatic carbocycles. The molecule has 1 aliphatic carbocycles. The summed E-state index contributed by atoms with van der Waals surface area (Å²) in [4.78, 5) is 52.2. The van der Waals surface area contributed by atoms with Gasteiger partial charge in [-0.2, -0.15) is 0 Å². The van der Waals surface area contributed by atoms with Gasteiger partial charge in [-0.1, -0.05) is 32.9 Å². The smallest absolute Gasteiger partial charge is 0.338 e. The normalized spacial score (nSPS) is 21.2. The molecule has 1 aliphatic heterocycles. The highest BCUT2D eigenvalue weighted by molar-refractivity contribution is 6.10. The highest BCUT2D eigenvalue weighted by atomic mass is 16.5. The number of ether oxygens (including phenoxy) is 1. The van der Waals surface area contributed by atoms with Crippen LogP contribution in [0.1, 0.15) is 56.8 Å². The quantitative estimate of drug-likeness (QED) is 0.390. The Balaban J connectivity index is 1.74. The minimum Gasteiger partial charge on any atom is -0.462 e. The second kappa shape index (κ2) is 9.90. The number of likely N-dealkylation sites (tertiary alicyclic amines) is 1. The molecule has 0 saturated carbocycles. The lowest BCUT2D eigenvalue weighted by molar-refractivity contribution is -0.147. The van der Waals surface area contributed by atoms with E-state index in [1.807, 2.05) is 32.9 Å². The molecular weight excluding hydrogens is 396 g/mol. The molecule has 1 fully saturated rings. The Labute approximate surface area is 182 Å². The van der Waals surface area contributed by atoms with Crippen molar-refractivity contribution >= 4 is 29.4 Å². The predicted octanol–water partition coefficient (Wildman–Crippen LogP) is 3.56. The summed E-state index contributed by atoms with van der Waals surface area (Å²) in [5, 5.41) is 2.80. The van der Waals surface area contributed by atoms with Gasteiger partial charge in [0.2, 0.25) is 17.7 Å². The number of rotatable bonds is 8. The first-order chi connectivity index (χ1) is 14.8. The van der Waals surface area contributed by atoms with Crippen LogP contribution in [0.3, 0.4) is 0 Å². The number of nitrogens with one attached hydrogen (secondary N) is 1. The van der Waals surface area contributed by atoms with E-state index in [1.54, 1.807) is 24.3 Å². The molecular formula is C24H30N2O5. The van der Waals surface area contributed by atoms with Crippen molar-refractivity contribution < 1.29 is 23.9 Å². The Morgan fingerprint density at radius 3 is 2.16 bits per heavy atom. The molecule has 166 valence electrons. The zero-order valence-electron chi connectivity index (χ0n) is 18.3. The van der Waals surface area contributed by atoms with Crippen LogP contribution in [-0.4, -0.2) is 41.2 Å². The van der Waals surface area contributed by atoms with Crippen LogP contribution < -0.4 is 5.32 Å². The zero-order valence-corrected chi connectivity index (χ0v) is 18.3. The van der Waals surface area contributed by atoms with Crippen LogP contribution in [0.4, 0.5) is 5.69 Å². The number of amides is 3. The summed E-state index contributed by atoms with van der Waals surface area (Å²) in [5.41, 5.74) is 0.885. The zero-order chi connectivity index (χ0) is 22.5. The van der Waals surface area contributed by atoms with Gasteiger partial charge in [0, 0.05) is 5.69 Å². The van der Waals surface area contributed by atoms with E-state index >= 15 is 0 Å². The lowest BCUT2D eigenvalue weighted by Crippen LogP contribution is -2.48. The second-order valence-corrected chi connectivity index (χ2v) is 8.55. The topological polar surface area (TPSA) is 92.8 Å². The van der Waals surface area contributed by atoms with Gasteiger partial charge in [0.15, 0.2) is 0 Å². The van der Waals surface area contributed by atoms with Gasteiger partial charge in [0.25, 0.3) is 0 Å². The highest BCUT2D eigenvalue weighted by Gasteiger charge is 2.51. The number of hydrogen-bond donors (Lipinski definition) is 1. The van der Waals surface area contributed by atoms with Gasteiger partial charge >= 0.3 is 5.97 Å². The number of esters is 1. The van der Waals surface area contributed by atoms with E-state index in [0.29, 0.717) is 37.1 Å². The summed E-state index contributed by atoms with van der Waals surface area (Å²) < 4.78 is 5.10. The summed E-state index contributed by atoms with van der Waals surface area (Å²) in [5.74, 6) is -1.94. The van der Waals surface area contributed by atoms with E-state index in [2.05, 4.69) is 5.32 Å². The Bertz CT molecular complexity index is 848. The van der Waals surface area contributed by atoms with E-state index in [4.69, 9.17) is 4.74 Å². The van der Waals surface area contributed by atoms with Crippen LogP contribution in [-0.2, 0) is 19.1 Å². The molecule has 1 aromatic rings. The van der Waals surface area contributed by atoms with E-state index in [9.17, 15) is 19.2 Å². The minimum absolute atomic E-state index is 0.118.